The largest absolute Gasteiger partial charge is 0.508 e. The predicted molar refractivity (Wildman–Crippen MR) is 143 cm³/mol. The monoisotopic (exact) mass is 550 g/mol. The normalized spacial score (nSPS) is 34.1. The van der Waals surface area contributed by atoms with E-state index < -0.39 is 45.2 Å². The number of fused-ring (bicyclic) bond motifs is 4. The number of benzene rings is 2. The van der Waals surface area contributed by atoms with Crippen LogP contribution in [0.2, 0.25) is 0 Å². The van der Waals surface area contributed by atoms with Gasteiger partial charge in [-0.05, 0) is 54.2 Å². The highest BCUT2D eigenvalue weighted by Gasteiger charge is 2.75. The van der Waals surface area contributed by atoms with E-state index in [-0.39, 0.29) is 30.4 Å². The van der Waals surface area contributed by atoms with Crippen LogP contribution >= 0.6 is 23.2 Å². The molecule has 7 nitrogen and oxygen atoms in total. The molecule has 6 rings (SSSR count). The quantitative estimate of drug-likeness (QED) is 0.350. The van der Waals surface area contributed by atoms with Gasteiger partial charge in [0.15, 0.2) is 9.75 Å². The highest BCUT2D eigenvalue weighted by Crippen LogP contribution is 2.65. The van der Waals surface area contributed by atoms with E-state index in [2.05, 4.69) is 6.58 Å². The molecule has 4 amide bonds. The Morgan fingerprint density at radius 2 is 1.61 bits per heavy atom. The Kier molecular flexibility index (Phi) is 5.43. The van der Waals surface area contributed by atoms with Crippen molar-refractivity contribution in [3.05, 3.63) is 77.9 Å². The first-order valence-electron chi connectivity index (χ1n) is 12.3. The van der Waals surface area contributed by atoms with Crippen molar-refractivity contribution in [1.29, 1.82) is 0 Å². The third-order valence-corrected chi connectivity index (χ3v) is 10.0. The molecule has 0 aromatic heterocycles. The number of allylic oxidation sites excluding steroid dienone is 2. The smallest absolute Gasteiger partial charge is 0.253 e. The summed E-state index contributed by atoms with van der Waals surface area (Å²) in [5.74, 6) is -4.69. The number of alkyl halides is 2. The minimum absolute atomic E-state index is 0.0279. The number of imide groups is 2. The van der Waals surface area contributed by atoms with Gasteiger partial charge < -0.3 is 5.11 Å². The van der Waals surface area contributed by atoms with Crippen LogP contribution in [0, 0.1) is 17.8 Å². The number of rotatable bonds is 3. The molecule has 0 radical (unpaired) electrons. The van der Waals surface area contributed by atoms with Gasteiger partial charge >= 0.3 is 0 Å². The standard InChI is InChI=1S/C29H24Cl2N2O5/c1-3-15-4-8-17(9-5-15)33-24(35)20-13-12-19-21(22(20)25(33)36)14-28(30)26(37)32(2)27(38)29(28,31)23(19)16-6-10-18(34)11-7-16/h3-12,20-23,34H,1,13-14H2,2H3/t20-,21+,22-,23-,28+,29-/m0/s1. The number of phenols is 1. The number of nitrogens with zero attached hydrogens (tertiary/aromatic N) is 2. The zero-order valence-electron chi connectivity index (χ0n) is 20.4. The SMILES string of the molecule is C=Cc1ccc(N2C(=O)[C@H]3[C@H](CC=C4[C@H]3C[C@@]3(Cl)C(=O)N(C)C(=O)[C@@]3(Cl)[C@H]4c3ccc(O)cc3)C2=O)cc1. The van der Waals surface area contributed by atoms with Crippen LogP contribution in [0.3, 0.4) is 0 Å². The highest BCUT2D eigenvalue weighted by molar-refractivity contribution is 6.53. The summed E-state index contributed by atoms with van der Waals surface area (Å²) < 4.78 is 0. The van der Waals surface area contributed by atoms with Crippen LogP contribution in [-0.2, 0) is 19.2 Å². The van der Waals surface area contributed by atoms with Crippen molar-refractivity contribution in [2.75, 3.05) is 11.9 Å². The van der Waals surface area contributed by atoms with Crippen LogP contribution in [0.25, 0.3) is 6.08 Å². The number of phenolic OH excluding ortho intramolecular Hbond substituents is 1. The van der Waals surface area contributed by atoms with Gasteiger partial charge in [-0.15, -0.1) is 23.2 Å². The van der Waals surface area contributed by atoms with E-state index in [1.807, 2.05) is 6.08 Å². The molecule has 1 saturated carbocycles. The predicted octanol–water partition coefficient (Wildman–Crippen LogP) is 4.23. The highest BCUT2D eigenvalue weighted by atomic mass is 35.5. The van der Waals surface area contributed by atoms with Crippen molar-refractivity contribution in [3.63, 3.8) is 0 Å². The lowest BCUT2D eigenvalue weighted by molar-refractivity contribution is -0.138. The van der Waals surface area contributed by atoms with Crippen LogP contribution in [-0.4, -0.2) is 50.4 Å². The van der Waals surface area contributed by atoms with Gasteiger partial charge in [-0.25, -0.2) is 0 Å². The second-order valence-corrected chi connectivity index (χ2v) is 11.6. The van der Waals surface area contributed by atoms with Crippen molar-refractivity contribution in [1.82, 2.24) is 4.90 Å². The fourth-order valence-electron chi connectivity index (χ4n) is 6.80. The zero-order valence-corrected chi connectivity index (χ0v) is 21.9. The zero-order chi connectivity index (χ0) is 27.1. The Morgan fingerprint density at radius 1 is 0.947 bits per heavy atom. The average molecular weight is 551 g/mol. The number of aromatic hydroxyl groups is 1. The Bertz CT molecular complexity index is 1450. The van der Waals surface area contributed by atoms with Gasteiger partial charge in [0.2, 0.25) is 11.8 Å². The maximum atomic E-state index is 13.9. The van der Waals surface area contributed by atoms with E-state index in [0.29, 0.717) is 16.8 Å². The molecule has 2 aromatic carbocycles. The summed E-state index contributed by atoms with van der Waals surface area (Å²) in [5, 5.41) is 9.89. The summed E-state index contributed by atoms with van der Waals surface area (Å²) >= 11 is 14.2. The van der Waals surface area contributed by atoms with E-state index >= 15 is 0 Å². The molecule has 4 aliphatic rings. The van der Waals surface area contributed by atoms with Crippen LogP contribution in [0.5, 0.6) is 5.75 Å². The lowest BCUT2D eigenvalue weighted by atomic mass is 9.56. The van der Waals surface area contributed by atoms with E-state index in [1.165, 1.54) is 24.1 Å². The first-order valence-corrected chi connectivity index (χ1v) is 13.1. The van der Waals surface area contributed by atoms with Crippen molar-refractivity contribution in [2.24, 2.45) is 17.8 Å². The molecule has 6 atom stereocenters. The minimum atomic E-state index is -1.83. The molecule has 0 spiro atoms. The van der Waals surface area contributed by atoms with Crippen molar-refractivity contribution in [2.45, 2.75) is 28.5 Å². The van der Waals surface area contributed by atoms with Gasteiger partial charge in [0.25, 0.3) is 11.8 Å². The molecule has 3 fully saturated rings. The number of carbonyl (C=O) groups is 4. The summed E-state index contributed by atoms with van der Waals surface area (Å²) in [6.07, 6.45) is 3.79. The summed E-state index contributed by atoms with van der Waals surface area (Å²) in [6.45, 7) is 3.74. The lowest BCUT2D eigenvalue weighted by Crippen LogP contribution is -2.60. The molecule has 194 valence electrons. The van der Waals surface area contributed by atoms with Gasteiger partial charge in [-0.2, -0.15) is 0 Å². The number of hydrogen-bond acceptors (Lipinski definition) is 5. The Morgan fingerprint density at radius 3 is 2.24 bits per heavy atom. The molecular formula is C29H24Cl2N2O5. The first-order chi connectivity index (χ1) is 18.0. The lowest BCUT2D eigenvalue weighted by Gasteiger charge is -2.50. The number of halogens is 2. The maximum Gasteiger partial charge on any atom is 0.253 e. The number of hydrogen-bond donors (Lipinski definition) is 1. The van der Waals surface area contributed by atoms with Crippen molar-refractivity contribution < 1.29 is 24.3 Å². The molecule has 2 aliphatic carbocycles. The van der Waals surface area contributed by atoms with Gasteiger partial charge in [-0.3, -0.25) is 29.0 Å². The Hall–Kier alpha value is -3.42. The Balaban J connectivity index is 1.49. The molecule has 9 heteroatoms. The minimum Gasteiger partial charge on any atom is -0.508 e. The molecule has 0 unspecified atom stereocenters. The summed E-state index contributed by atoms with van der Waals surface area (Å²) in [4.78, 5) is 52.9. The van der Waals surface area contributed by atoms with Crippen LogP contribution in [0.4, 0.5) is 5.69 Å². The topological polar surface area (TPSA) is 95.0 Å². The van der Waals surface area contributed by atoms with Gasteiger partial charge in [0.1, 0.15) is 5.75 Å². The van der Waals surface area contributed by atoms with Crippen molar-refractivity contribution >= 4 is 58.6 Å². The number of carbonyl (C=O) groups excluding carboxylic acids is 4. The van der Waals surface area contributed by atoms with Crippen LogP contribution < -0.4 is 4.90 Å². The van der Waals surface area contributed by atoms with E-state index in [4.69, 9.17) is 23.2 Å². The first kappa shape index (κ1) is 24.9. The number of anilines is 1. The second kappa shape index (κ2) is 8.29. The second-order valence-electron chi connectivity index (χ2n) is 10.4. The number of likely N-dealkylation sites (tertiary alicyclic amines) is 1. The molecule has 2 saturated heterocycles. The summed E-state index contributed by atoms with van der Waals surface area (Å²) in [6, 6.07) is 13.2. The molecule has 2 aliphatic heterocycles. The molecule has 2 heterocycles. The maximum absolute atomic E-state index is 13.9. The van der Waals surface area contributed by atoms with Gasteiger partial charge in [0.05, 0.1) is 17.5 Å². The van der Waals surface area contributed by atoms with E-state index in [0.717, 1.165) is 10.5 Å². The third kappa shape index (κ3) is 3.03. The van der Waals surface area contributed by atoms with Gasteiger partial charge in [0, 0.05) is 13.0 Å². The van der Waals surface area contributed by atoms with Crippen molar-refractivity contribution in [3.8, 4) is 5.75 Å². The summed E-state index contributed by atoms with van der Waals surface area (Å²) in [5.41, 5.74) is 2.62. The Labute approximate surface area is 229 Å². The van der Waals surface area contributed by atoms with Gasteiger partial charge in [-0.1, -0.05) is 48.6 Å². The third-order valence-electron chi connectivity index (χ3n) is 8.63. The number of amides is 4. The van der Waals surface area contributed by atoms with Crippen LogP contribution in [0.15, 0.2) is 66.8 Å². The molecular weight excluding hydrogens is 527 g/mol. The molecule has 38 heavy (non-hydrogen) atoms. The molecule has 1 N–H and O–H groups in total. The van der Waals surface area contributed by atoms with Crippen LogP contribution in [0.1, 0.15) is 29.9 Å². The molecule has 2 aromatic rings. The summed E-state index contributed by atoms with van der Waals surface area (Å²) in [7, 11) is 1.35. The van der Waals surface area contributed by atoms with E-state index in [1.54, 1.807) is 42.5 Å². The fourth-order valence-corrected chi connectivity index (χ4v) is 7.82. The fraction of sp³-hybridized carbons (Fsp3) is 0.310. The average Bonchev–Trinajstić information content (AvgIpc) is 3.24. The van der Waals surface area contributed by atoms with E-state index in [9.17, 15) is 24.3 Å². The molecule has 0 bridgehead atoms.